The Morgan fingerprint density at radius 2 is 1.85 bits per heavy atom. The average Bonchev–Trinajstić information content (AvgIpc) is 2.66. The highest BCUT2D eigenvalue weighted by molar-refractivity contribution is 5.96. The highest BCUT2D eigenvalue weighted by atomic mass is 16.2. The van der Waals surface area contributed by atoms with Gasteiger partial charge in [-0.1, -0.05) is 18.2 Å². The van der Waals surface area contributed by atoms with Crippen molar-refractivity contribution in [1.29, 1.82) is 0 Å². The van der Waals surface area contributed by atoms with Crippen molar-refractivity contribution >= 4 is 23.4 Å². The number of aryl methyl sites for hydroxylation is 1. The summed E-state index contributed by atoms with van der Waals surface area (Å²) in [5, 5.41) is 0. The number of likely N-dealkylation sites (N-methyl/N-ethyl adjacent to an activating group) is 1. The molecule has 0 unspecified atom stereocenters. The molecule has 7 heteroatoms. The van der Waals surface area contributed by atoms with Gasteiger partial charge in [0.25, 0.3) is 0 Å². The van der Waals surface area contributed by atoms with Crippen molar-refractivity contribution < 1.29 is 14.4 Å². The van der Waals surface area contributed by atoms with Gasteiger partial charge in [-0.2, -0.15) is 0 Å². The molecule has 0 bridgehead atoms. The van der Waals surface area contributed by atoms with Crippen molar-refractivity contribution in [2.24, 2.45) is 0 Å². The second-order valence-corrected chi connectivity index (χ2v) is 7.47. The summed E-state index contributed by atoms with van der Waals surface area (Å²) in [6.07, 6.45) is 1.96. The second-order valence-electron chi connectivity index (χ2n) is 7.47. The summed E-state index contributed by atoms with van der Waals surface area (Å²) < 4.78 is 0. The molecule has 1 aromatic carbocycles. The van der Waals surface area contributed by atoms with Crippen LogP contribution in [0.15, 0.2) is 24.3 Å². The number of para-hydroxylation sites is 1. The molecule has 27 heavy (non-hydrogen) atoms. The third-order valence-corrected chi connectivity index (χ3v) is 5.36. The molecule has 0 N–H and O–H groups in total. The Morgan fingerprint density at radius 1 is 1.11 bits per heavy atom. The van der Waals surface area contributed by atoms with Crippen molar-refractivity contribution in [3.63, 3.8) is 0 Å². The molecule has 1 fully saturated rings. The van der Waals surface area contributed by atoms with E-state index in [0.29, 0.717) is 19.6 Å². The first kappa shape index (κ1) is 19.4. The summed E-state index contributed by atoms with van der Waals surface area (Å²) in [5.41, 5.74) is 2.20. The number of amides is 3. The maximum atomic E-state index is 13.0. The molecule has 146 valence electrons. The normalized spacial score (nSPS) is 20.2. The lowest BCUT2D eigenvalue weighted by molar-refractivity contribution is -0.147. The number of fused-ring (bicyclic) bond motifs is 1. The van der Waals surface area contributed by atoms with E-state index in [0.717, 1.165) is 25.1 Å². The van der Waals surface area contributed by atoms with E-state index in [4.69, 9.17) is 0 Å². The van der Waals surface area contributed by atoms with E-state index >= 15 is 0 Å². The largest absolute Gasteiger partial charge is 0.347 e. The molecule has 3 rings (SSSR count). The van der Waals surface area contributed by atoms with Crippen LogP contribution in [-0.4, -0.2) is 85.3 Å². The van der Waals surface area contributed by atoms with Gasteiger partial charge in [0.15, 0.2) is 0 Å². The Balaban J connectivity index is 1.70. The lowest BCUT2D eigenvalue weighted by atomic mass is 10.0. The van der Waals surface area contributed by atoms with Crippen LogP contribution >= 0.6 is 0 Å². The first-order chi connectivity index (χ1) is 12.9. The minimum atomic E-state index is -0.535. The molecule has 2 aliphatic heterocycles. The van der Waals surface area contributed by atoms with Crippen LogP contribution in [-0.2, 0) is 20.8 Å². The number of hydrogen-bond acceptors (Lipinski definition) is 4. The van der Waals surface area contributed by atoms with Gasteiger partial charge in [-0.25, -0.2) is 0 Å². The van der Waals surface area contributed by atoms with Gasteiger partial charge < -0.3 is 14.7 Å². The van der Waals surface area contributed by atoms with Crippen LogP contribution < -0.4 is 4.90 Å². The Bertz CT molecular complexity index is 734. The van der Waals surface area contributed by atoms with Gasteiger partial charge in [-0.05, 0) is 24.5 Å². The number of benzene rings is 1. The van der Waals surface area contributed by atoms with Crippen LogP contribution in [0.1, 0.15) is 18.9 Å². The zero-order valence-corrected chi connectivity index (χ0v) is 16.4. The predicted molar refractivity (Wildman–Crippen MR) is 103 cm³/mol. The van der Waals surface area contributed by atoms with Gasteiger partial charge in [0.05, 0.1) is 6.54 Å². The average molecular weight is 372 g/mol. The summed E-state index contributed by atoms with van der Waals surface area (Å²) in [4.78, 5) is 44.4. The first-order valence-corrected chi connectivity index (χ1v) is 9.47. The predicted octanol–water partition coefficient (Wildman–Crippen LogP) is 0.587. The van der Waals surface area contributed by atoms with E-state index < -0.39 is 6.04 Å². The smallest absolute Gasteiger partial charge is 0.246 e. The van der Waals surface area contributed by atoms with Gasteiger partial charge in [0.1, 0.15) is 6.04 Å². The standard InChI is InChI=1S/C20H28N4O3/c1-15(25)23-12-11-22(13-18(23)20(27)21(2)3)14-19(26)24-10-6-8-16-7-4-5-9-17(16)24/h4-5,7,9,18H,6,8,10-14H2,1-3H3/t18-/m1/s1. The zero-order chi connectivity index (χ0) is 19.6. The lowest BCUT2D eigenvalue weighted by Gasteiger charge is -2.41. The molecule has 0 spiro atoms. The van der Waals surface area contributed by atoms with Crippen LogP contribution in [0.4, 0.5) is 5.69 Å². The molecule has 7 nitrogen and oxygen atoms in total. The van der Waals surface area contributed by atoms with Crippen molar-refractivity contribution in [2.45, 2.75) is 25.8 Å². The molecule has 0 aliphatic carbocycles. The minimum absolute atomic E-state index is 0.0504. The van der Waals surface area contributed by atoms with Crippen LogP contribution in [0.5, 0.6) is 0 Å². The van der Waals surface area contributed by atoms with E-state index in [1.165, 1.54) is 17.4 Å². The lowest BCUT2D eigenvalue weighted by Crippen LogP contribution is -2.61. The molecule has 2 heterocycles. The Labute approximate surface area is 160 Å². The van der Waals surface area contributed by atoms with Crippen molar-refractivity contribution in [3.05, 3.63) is 29.8 Å². The highest BCUT2D eigenvalue weighted by Crippen LogP contribution is 2.27. The third kappa shape index (κ3) is 4.13. The molecular weight excluding hydrogens is 344 g/mol. The number of hydrogen-bond donors (Lipinski definition) is 0. The first-order valence-electron chi connectivity index (χ1n) is 9.47. The molecule has 1 saturated heterocycles. The van der Waals surface area contributed by atoms with Gasteiger partial charge in [0, 0.05) is 52.9 Å². The van der Waals surface area contributed by atoms with E-state index in [1.807, 2.05) is 28.0 Å². The SMILES string of the molecule is CC(=O)N1CCN(CC(=O)N2CCCc3ccccc32)C[C@@H]1C(=O)N(C)C. The van der Waals surface area contributed by atoms with E-state index in [2.05, 4.69) is 6.07 Å². The number of carbonyl (C=O) groups is 3. The Kier molecular flexibility index (Phi) is 5.79. The van der Waals surface area contributed by atoms with Gasteiger partial charge in [-0.3, -0.25) is 19.3 Å². The Morgan fingerprint density at radius 3 is 2.56 bits per heavy atom. The molecule has 0 aromatic heterocycles. The van der Waals surface area contributed by atoms with Crippen molar-refractivity contribution in [1.82, 2.24) is 14.7 Å². The van der Waals surface area contributed by atoms with Crippen LogP contribution in [0, 0.1) is 0 Å². The molecule has 2 aliphatic rings. The van der Waals surface area contributed by atoms with E-state index in [-0.39, 0.29) is 24.3 Å². The van der Waals surface area contributed by atoms with Gasteiger partial charge in [-0.15, -0.1) is 0 Å². The monoisotopic (exact) mass is 372 g/mol. The zero-order valence-electron chi connectivity index (χ0n) is 16.4. The summed E-state index contributed by atoms with van der Waals surface area (Å²) >= 11 is 0. The van der Waals surface area contributed by atoms with Gasteiger partial charge >= 0.3 is 0 Å². The molecule has 3 amide bonds. The number of piperazine rings is 1. The summed E-state index contributed by atoms with van der Waals surface area (Å²) in [7, 11) is 3.38. The Hall–Kier alpha value is -2.41. The topological polar surface area (TPSA) is 64.2 Å². The summed E-state index contributed by atoms with van der Waals surface area (Å²) in [5.74, 6) is -0.161. The fourth-order valence-electron chi connectivity index (χ4n) is 3.94. The van der Waals surface area contributed by atoms with E-state index in [1.54, 1.807) is 19.0 Å². The minimum Gasteiger partial charge on any atom is -0.347 e. The molecule has 0 radical (unpaired) electrons. The maximum Gasteiger partial charge on any atom is 0.246 e. The van der Waals surface area contributed by atoms with Gasteiger partial charge in [0.2, 0.25) is 17.7 Å². The van der Waals surface area contributed by atoms with Crippen molar-refractivity contribution in [3.8, 4) is 0 Å². The van der Waals surface area contributed by atoms with Crippen molar-refractivity contribution in [2.75, 3.05) is 51.7 Å². The van der Waals surface area contributed by atoms with Crippen LogP contribution in [0.3, 0.4) is 0 Å². The molecule has 0 saturated carbocycles. The summed E-state index contributed by atoms with van der Waals surface area (Å²) in [6.45, 7) is 3.92. The maximum absolute atomic E-state index is 13.0. The fraction of sp³-hybridized carbons (Fsp3) is 0.550. The third-order valence-electron chi connectivity index (χ3n) is 5.36. The highest BCUT2D eigenvalue weighted by Gasteiger charge is 2.36. The number of rotatable bonds is 3. The summed E-state index contributed by atoms with van der Waals surface area (Å²) in [6, 6.07) is 7.50. The van der Waals surface area contributed by atoms with Crippen LogP contribution in [0.2, 0.25) is 0 Å². The number of carbonyl (C=O) groups excluding carboxylic acids is 3. The molecule has 1 atom stereocenters. The quantitative estimate of drug-likeness (QED) is 0.779. The second kappa shape index (κ2) is 8.08. The van der Waals surface area contributed by atoms with Crippen LogP contribution in [0.25, 0.3) is 0 Å². The number of nitrogens with zero attached hydrogens (tertiary/aromatic N) is 4. The van der Waals surface area contributed by atoms with E-state index in [9.17, 15) is 14.4 Å². The molecular formula is C20H28N4O3. The fourth-order valence-corrected chi connectivity index (χ4v) is 3.94. The number of anilines is 1. The molecule has 1 aromatic rings.